The molecule has 1 atom stereocenters. The second kappa shape index (κ2) is 16.0. The number of hydrogen-bond donors (Lipinski definition) is 0. The number of rotatable bonds is 6. The summed E-state index contributed by atoms with van der Waals surface area (Å²) in [5, 5.41) is 17.6. The molecule has 10 nitrogen and oxygen atoms in total. The highest BCUT2D eigenvalue weighted by molar-refractivity contribution is 6.13. The van der Waals surface area contributed by atoms with Crippen molar-refractivity contribution in [1.82, 2.24) is 25.4 Å². The van der Waals surface area contributed by atoms with Gasteiger partial charge in [0.25, 0.3) is 17.7 Å². The number of aromatic nitrogens is 5. The lowest BCUT2D eigenvalue weighted by Crippen LogP contribution is -2.24. The van der Waals surface area contributed by atoms with Gasteiger partial charge in [0.05, 0.1) is 17.0 Å². The van der Waals surface area contributed by atoms with Gasteiger partial charge in [0.2, 0.25) is 5.89 Å². The van der Waals surface area contributed by atoms with Gasteiger partial charge in [-0.25, -0.2) is 15.0 Å². The zero-order valence-corrected chi connectivity index (χ0v) is 31.1. The van der Waals surface area contributed by atoms with E-state index in [9.17, 15) is 0 Å². The summed E-state index contributed by atoms with van der Waals surface area (Å²) in [6.45, 7) is 6.68. The highest BCUT2D eigenvalue weighted by Crippen LogP contribution is 2.42. The molecule has 8 rings (SSSR count). The van der Waals surface area contributed by atoms with Crippen molar-refractivity contribution in [1.29, 1.82) is 0 Å². The Labute approximate surface area is 324 Å². The molecule has 1 unspecified atom stereocenters. The van der Waals surface area contributed by atoms with Crippen LogP contribution in [-0.4, -0.2) is 43.0 Å². The maximum Gasteiger partial charge on any atom is 0.266 e. The molecule has 2 aliphatic carbocycles. The maximum atomic E-state index is 6.27. The van der Waals surface area contributed by atoms with Crippen LogP contribution in [0.5, 0.6) is 0 Å². The Hall–Kier alpha value is -7.30. The van der Waals surface area contributed by atoms with Gasteiger partial charge in [0, 0.05) is 18.0 Å². The van der Waals surface area contributed by atoms with E-state index in [1.165, 1.54) is 5.57 Å². The number of pyridine rings is 1. The summed E-state index contributed by atoms with van der Waals surface area (Å²) < 4.78 is 12.5. The van der Waals surface area contributed by atoms with Crippen LogP contribution in [0.15, 0.2) is 179 Å². The van der Waals surface area contributed by atoms with E-state index in [0.29, 0.717) is 69.8 Å². The average Bonchev–Trinajstić information content (AvgIpc) is 3.58. The lowest BCUT2D eigenvalue weighted by Gasteiger charge is -2.34. The minimum atomic E-state index is -0.323. The van der Waals surface area contributed by atoms with Crippen LogP contribution < -0.4 is 0 Å². The second-order valence-corrected chi connectivity index (χ2v) is 13.8. The smallest absolute Gasteiger partial charge is 0.266 e. The third-order valence-electron chi connectivity index (χ3n) is 9.76. The summed E-state index contributed by atoms with van der Waals surface area (Å²) in [6.07, 6.45) is 34.9. The Bertz CT molecular complexity index is 2700. The lowest BCUT2D eigenvalue weighted by atomic mass is 9.70. The summed E-state index contributed by atoms with van der Waals surface area (Å²) in [5.74, 6) is 1.37. The minimum absolute atomic E-state index is 0.0349. The van der Waals surface area contributed by atoms with Crippen LogP contribution in [0, 0.1) is 11.3 Å². The van der Waals surface area contributed by atoms with Crippen LogP contribution >= 0.6 is 0 Å². The van der Waals surface area contributed by atoms with Gasteiger partial charge in [-0.15, -0.1) is 31.9 Å². The largest absolute Gasteiger partial charge is 0.415 e. The zero-order valence-electron chi connectivity index (χ0n) is 31.1. The van der Waals surface area contributed by atoms with Crippen molar-refractivity contribution in [3.63, 3.8) is 0 Å². The number of allylic oxidation sites excluding steroid dienone is 16. The van der Waals surface area contributed by atoms with E-state index in [1.54, 1.807) is 24.6 Å². The minimum Gasteiger partial charge on any atom is -0.415 e. The first kappa shape index (κ1) is 35.7. The third-order valence-corrected chi connectivity index (χ3v) is 9.76. The molecule has 6 heterocycles. The Balaban J connectivity index is 1.07. The van der Waals surface area contributed by atoms with Gasteiger partial charge in [-0.05, 0) is 103 Å². The molecule has 272 valence electrons. The van der Waals surface area contributed by atoms with E-state index in [2.05, 4.69) is 92.3 Å². The molecule has 3 aliphatic heterocycles. The Kier molecular flexibility index (Phi) is 10.2. The Morgan fingerprint density at radius 1 is 0.750 bits per heavy atom. The van der Waals surface area contributed by atoms with Gasteiger partial charge < -0.3 is 8.83 Å². The molecule has 10 heteroatoms. The van der Waals surface area contributed by atoms with E-state index in [1.807, 2.05) is 79.0 Å². The molecule has 0 amide bonds. The molecule has 5 aliphatic rings. The first-order chi connectivity index (χ1) is 27.4. The topological polar surface area (TPSA) is 128 Å². The maximum absolute atomic E-state index is 6.27. The molecular formula is C46H36N8O2. The van der Waals surface area contributed by atoms with E-state index in [-0.39, 0.29) is 11.3 Å². The number of hydrogen-bond acceptors (Lipinski definition) is 10. The van der Waals surface area contributed by atoms with Crippen LogP contribution in [0.25, 0.3) is 28.4 Å². The standard InChI is InChI=1S/C46H36N8O2/c1-31-30-34(43-52-54-44(56-43)40-23-11-10-22-38(49-40)36-20-6-4-12-28-47-36)17-9-8-16-32-18-14-19-33(26-27-35(32)46(31,2)3)42-51-53-45(55-42)41-25-15-24-39(50-41)37-21-7-5-13-29-48-37/h5-8,10-15,17,19-20,23-25,27-31H,4,16,18H2,1-3H3/b19-14?,34-30+,35-32+. The lowest BCUT2D eigenvalue weighted by molar-refractivity contribution is 0.347. The Morgan fingerprint density at radius 2 is 1.57 bits per heavy atom. The van der Waals surface area contributed by atoms with Crippen LogP contribution in [0.1, 0.15) is 63.4 Å². The summed E-state index contributed by atoms with van der Waals surface area (Å²) >= 11 is 0. The van der Waals surface area contributed by atoms with Crippen molar-refractivity contribution in [2.45, 2.75) is 40.0 Å². The molecule has 0 spiro atoms. The number of nitrogens with zero attached hydrogens (tertiary/aromatic N) is 8. The molecule has 0 saturated carbocycles. The van der Waals surface area contributed by atoms with Crippen molar-refractivity contribution < 1.29 is 8.83 Å². The van der Waals surface area contributed by atoms with Gasteiger partial charge in [-0.1, -0.05) is 80.3 Å². The van der Waals surface area contributed by atoms with E-state index >= 15 is 0 Å². The van der Waals surface area contributed by atoms with Crippen LogP contribution in [-0.2, 0) is 0 Å². The molecule has 0 bridgehead atoms. The molecule has 0 N–H and O–H groups in total. The normalized spacial score (nSPS) is 22.1. The average molecular weight is 733 g/mol. The van der Waals surface area contributed by atoms with Crippen molar-refractivity contribution in [2.75, 3.05) is 0 Å². The van der Waals surface area contributed by atoms with E-state index in [0.717, 1.165) is 24.0 Å². The van der Waals surface area contributed by atoms with Crippen molar-refractivity contribution in [3.8, 4) is 11.6 Å². The molecule has 0 saturated heterocycles. The first-order valence-electron chi connectivity index (χ1n) is 18.3. The van der Waals surface area contributed by atoms with Crippen LogP contribution in [0.2, 0.25) is 0 Å². The highest BCUT2D eigenvalue weighted by atomic mass is 16.4. The predicted molar refractivity (Wildman–Crippen MR) is 219 cm³/mol. The van der Waals surface area contributed by atoms with Crippen molar-refractivity contribution >= 4 is 34.5 Å². The third kappa shape index (κ3) is 7.82. The summed E-state index contributed by atoms with van der Waals surface area (Å²) in [6, 6.07) is 5.59. The van der Waals surface area contributed by atoms with E-state index < -0.39 is 0 Å². The molecule has 3 aromatic rings. The monoisotopic (exact) mass is 732 g/mol. The molecule has 56 heavy (non-hydrogen) atoms. The summed E-state index contributed by atoms with van der Waals surface area (Å²) in [4.78, 5) is 18.4. The molecule has 0 aromatic carbocycles. The highest BCUT2D eigenvalue weighted by Gasteiger charge is 2.31. The van der Waals surface area contributed by atoms with E-state index in [4.69, 9.17) is 18.8 Å². The van der Waals surface area contributed by atoms with Gasteiger partial charge in [-0.3, -0.25) is 4.99 Å². The summed E-state index contributed by atoms with van der Waals surface area (Å²) in [5.41, 5.74) is 20.4. The SMILES string of the molecule is CC1/C=C(/c2nnc(C3=NC(C4=NC=CCC=C4)=C=CC=C3)o2)C=C=CC/C2=C(/C=C=C(c3nnc(-c4cccc(C5=C=CC=CC=N5)n4)o3)C=CC2)C1(C)C. The number of aliphatic imine (C=N–C) groups is 3. The fourth-order valence-electron chi connectivity index (χ4n) is 6.37. The molecular weight excluding hydrogens is 697 g/mol. The van der Waals surface area contributed by atoms with Crippen molar-refractivity contribution in [3.05, 3.63) is 179 Å². The molecule has 3 aromatic heterocycles. The predicted octanol–water partition coefficient (Wildman–Crippen LogP) is 9.62. The quantitative estimate of drug-likeness (QED) is 0.231. The van der Waals surface area contributed by atoms with Crippen LogP contribution in [0.3, 0.4) is 0 Å². The molecule has 0 radical (unpaired) electrons. The molecule has 0 fully saturated rings. The fourth-order valence-corrected chi connectivity index (χ4v) is 6.37. The van der Waals surface area contributed by atoms with Crippen molar-refractivity contribution in [2.24, 2.45) is 26.3 Å². The van der Waals surface area contributed by atoms with Gasteiger partial charge in [0.1, 0.15) is 22.8 Å². The second-order valence-electron chi connectivity index (χ2n) is 13.8. The first-order valence-corrected chi connectivity index (χ1v) is 18.3. The van der Waals surface area contributed by atoms with Gasteiger partial charge in [-0.2, -0.15) is 0 Å². The Morgan fingerprint density at radius 3 is 2.52 bits per heavy atom. The van der Waals surface area contributed by atoms with Gasteiger partial charge >= 0.3 is 0 Å². The zero-order chi connectivity index (χ0) is 38.3. The van der Waals surface area contributed by atoms with Crippen LogP contribution in [0.4, 0.5) is 0 Å². The van der Waals surface area contributed by atoms with Gasteiger partial charge in [0.15, 0.2) is 0 Å². The fraction of sp³-hybridized carbons (Fsp3) is 0.174. The summed E-state index contributed by atoms with van der Waals surface area (Å²) in [7, 11) is 0.